The number of ether oxygens (including phenoxy) is 2. The standard InChI is InChI=1S/C18H27N3O3/c1-11(2)10-23-15-7-14(8-16(9-15)24-12(3)4)18(22)19-17-6-13(5)20-21-17/h6-9,11-12,17,20-21H,10H2,1-5H3,(H,19,22). The van der Waals surface area contributed by atoms with E-state index >= 15 is 0 Å². The van der Waals surface area contributed by atoms with Crippen LogP contribution in [0.2, 0.25) is 0 Å². The summed E-state index contributed by atoms with van der Waals surface area (Å²) in [4.78, 5) is 12.5. The van der Waals surface area contributed by atoms with Gasteiger partial charge in [-0.05, 0) is 44.9 Å². The van der Waals surface area contributed by atoms with Gasteiger partial charge in [0.25, 0.3) is 5.91 Å². The lowest BCUT2D eigenvalue weighted by Gasteiger charge is -2.16. The lowest BCUT2D eigenvalue weighted by Crippen LogP contribution is -2.44. The molecule has 0 aliphatic carbocycles. The number of hydrogen-bond donors (Lipinski definition) is 3. The van der Waals surface area contributed by atoms with Gasteiger partial charge in [0, 0.05) is 17.3 Å². The predicted octanol–water partition coefficient (Wildman–Crippen LogP) is 2.58. The minimum absolute atomic E-state index is 0.0209. The Bertz CT molecular complexity index is 612. The molecular weight excluding hydrogens is 306 g/mol. The summed E-state index contributed by atoms with van der Waals surface area (Å²) in [6.45, 7) is 10.6. The van der Waals surface area contributed by atoms with Gasteiger partial charge in [0.05, 0.1) is 12.7 Å². The van der Waals surface area contributed by atoms with Crippen molar-refractivity contribution < 1.29 is 14.3 Å². The molecule has 1 aliphatic rings. The fourth-order valence-electron chi connectivity index (χ4n) is 2.22. The van der Waals surface area contributed by atoms with E-state index in [-0.39, 0.29) is 18.2 Å². The zero-order valence-corrected chi connectivity index (χ0v) is 15.0. The van der Waals surface area contributed by atoms with Gasteiger partial charge in [-0.25, -0.2) is 5.43 Å². The number of nitrogens with one attached hydrogen (secondary N) is 3. The van der Waals surface area contributed by atoms with Crippen LogP contribution < -0.4 is 25.6 Å². The normalized spacial score (nSPS) is 16.8. The molecule has 0 radical (unpaired) electrons. The van der Waals surface area contributed by atoms with Crippen LogP contribution in [0.5, 0.6) is 11.5 Å². The molecule has 1 amide bonds. The van der Waals surface area contributed by atoms with Crippen molar-refractivity contribution in [2.45, 2.75) is 46.9 Å². The highest BCUT2D eigenvalue weighted by Gasteiger charge is 2.17. The molecule has 3 N–H and O–H groups in total. The Morgan fingerprint density at radius 3 is 2.50 bits per heavy atom. The van der Waals surface area contributed by atoms with Crippen LogP contribution in [0, 0.1) is 5.92 Å². The first-order valence-corrected chi connectivity index (χ1v) is 8.29. The molecule has 0 saturated carbocycles. The number of carbonyl (C=O) groups is 1. The second-order valence-electron chi connectivity index (χ2n) is 6.63. The maximum Gasteiger partial charge on any atom is 0.253 e. The summed E-state index contributed by atoms with van der Waals surface area (Å²) in [5.41, 5.74) is 7.40. The van der Waals surface area contributed by atoms with E-state index in [4.69, 9.17) is 9.47 Å². The highest BCUT2D eigenvalue weighted by atomic mass is 16.5. The van der Waals surface area contributed by atoms with Gasteiger partial charge in [-0.15, -0.1) is 0 Å². The Hall–Kier alpha value is -2.21. The molecule has 0 fully saturated rings. The third kappa shape index (κ3) is 5.45. The molecule has 6 nitrogen and oxygen atoms in total. The van der Waals surface area contributed by atoms with Gasteiger partial charge in [0.1, 0.15) is 17.7 Å². The lowest BCUT2D eigenvalue weighted by molar-refractivity contribution is 0.0937. The van der Waals surface area contributed by atoms with E-state index in [1.807, 2.05) is 32.9 Å². The number of hydrazine groups is 1. The summed E-state index contributed by atoms with van der Waals surface area (Å²) in [7, 11) is 0. The Morgan fingerprint density at radius 1 is 1.21 bits per heavy atom. The monoisotopic (exact) mass is 333 g/mol. The van der Waals surface area contributed by atoms with E-state index in [2.05, 4.69) is 30.0 Å². The first-order chi connectivity index (χ1) is 11.3. The Kier molecular flexibility index (Phi) is 6.09. The highest BCUT2D eigenvalue weighted by molar-refractivity contribution is 5.95. The van der Waals surface area contributed by atoms with Crippen LogP contribution in [0.15, 0.2) is 30.0 Å². The minimum atomic E-state index is -0.243. The van der Waals surface area contributed by atoms with Crippen LogP contribution in [-0.4, -0.2) is 24.8 Å². The molecule has 1 aromatic rings. The van der Waals surface area contributed by atoms with E-state index in [1.165, 1.54) is 0 Å². The van der Waals surface area contributed by atoms with Gasteiger partial charge < -0.3 is 20.2 Å². The van der Waals surface area contributed by atoms with E-state index in [0.717, 1.165) is 5.70 Å². The van der Waals surface area contributed by atoms with Gasteiger partial charge in [0.15, 0.2) is 0 Å². The summed E-state index contributed by atoms with van der Waals surface area (Å²) in [6, 6.07) is 5.29. The smallest absolute Gasteiger partial charge is 0.253 e. The van der Waals surface area contributed by atoms with Crippen LogP contribution in [-0.2, 0) is 0 Å². The van der Waals surface area contributed by atoms with E-state index < -0.39 is 0 Å². The van der Waals surface area contributed by atoms with Crippen LogP contribution in [0.3, 0.4) is 0 Å². The largest absolute Gasteiger partial charge is 0.493 e. The van der Waals surface area contributed by atoms with Crippen LogP contribution >= 0.6 is 0 Å². The molecule has 0 aromatic heterocycles. The van der Waals surface area contributed by atoms with Crippen LogP contribution in [0.4, 0.5) is 0 Å². The van der Waals surface area contributed by atoms with Crippen LogP contribution in [0.1, 0.15) is 45.0 Å². The molecule has 0 spiro atoms. The predicted molar refractivity (Wildman–Crippen MR) is 93.8 cm³/mol. The van der Waals surface area contributed by atoms with E-state index in [1.54, 1.807) is 12.1 Å². The van der Waals surface area contributed by atoms with Crippen molar-refractivity contribution >= 4 is 5.91 Å². The van der Waals surface area contributed by atoms with Crippen molar-refractivity contribution in [1.29, 1.82) is 0 Å². The second kappa shape index (κ2) is 8.06. The minimum Gasteiger partial charge on any atom is -0.493 e. The summed E-state index contributed by atoms with van der Waals surface area (Å²) < 4.78 is 11.5. The molecule has 6 heteroatoms. The lowest BCUT2D eigenvalue weighted by atomic mass is 10.1. The number of rotatable bonds is 7. The van der Waals surface area contributed by atoms with Crippen molar-refractivity contribution in [2.24, 2.45) is 5.92 Å². The number of allylic oxidation sites excluding steroid dienone is 1. The molecule has 2 rings (SSSR count). The molecule has 132 valence electrons. The number of benzene rings is 1. The molecule has 24 heavy (non-hydrogen) atoms. The quantitative estimate of drug-likeness (QED) is 0.715. The van der Waals surface area contributed by atoms with Gasteiger partial charge in [-0.2, -0.15) is 0 Å². The summed E-state index contributed by atoms with van der Waals surface area (Å²) in [5.74, 6) is 1.47. The van der Waals surface area contributed by atoms with Gasteiger partial charge in [-0.1, -0.05) is 13.8 Å². The molecule has 1 atom stereocenters. The fourth-order valence-corrected chi connectivity index (χ4v) is 2.22. The molecule has 0 saturated heterocycles. The summed E-state index contributed by atoms with van der Waals surface area (Å²) >= 11 is 0. The Morgan fingerprint density at radius 2 is 1.92 bits per heavy atom. The average molecular weight is 333 g/mol. The van der Waals surface area contributed by atoms with Crippen LogP contribution in [0.25, 0.3) is 0 Å². The Balaban J connectivity index is 2.16. The van der Waals surface area contributed by atoms with Crippen molar-refractivity contribution in [2.75, 3.05) is 6.61 Å². The Labute approximate surface area is 143 Å². The molecule has 1 aromatic carbocycles. The van der Waals surface area contributed by atoms with E-state index in [0.29, 0.717) is 29.6 Å². The van der Waals surface area contributed by atoms with E-state index in [9.17, 15) is 4.79 Å². The third-order valence-electron chi connectivity index (χ3n) is 3.23. The summed E-state index contributed by atoms with van der Waals surface area (Å²) in [5, 5.41) is 2.90. The molecule has 0 bridgehead atoms. The zero-order valence-electron chi connectivity index (χ0n) is 15.0. The number of carbonyl (C=O) groups excluding carboxylic acids is 1. The fraction of sp³-hybridized carbons (Fsp3) is 0.500. The number of hydrogen-bond acceptors (Lipinski definition) is 5. The van der Waals surface area contributed by atoms with Gasteiger partial charge >= 0.3 is 0 Å². The molecule has 1 unspecified atom stereocenters. The first kappa shape index (κ1) is 18.1. The molecule has 1 heterocycles. The van der Waals surface area contributed by atoms with Gasteiger partial charge in [0.2, 0.25) is 0 Å². The molecule has 1 aliphatic heterocycles. The summed E-state index contributed by atoms with van der Waals surface area (Å²) in [6.07, 6.45) is 1.68. The zero-order chi connectivity index (χ0) is 17.7. The second-order valence-corrected chi connectivity index (χ2v) is 6.63. The van der Waals surface area contributed by atoms with Crippen molar-refractivity contribution in [3.05, 3.63) is 35.5 Å². The third-order valence-corrected chi connectivity index (χ3v) is 3.23. The average Bonchev–Trinajstić information content (AvgIpc) is 2.89. The van der Waals surface area contributed by atoms with Gasteiger partial charge in [-0.3, -0.25) is 4.79 Å². The molecular formula is C18H27N3O3. The van der Waals surface area contributed by atoms with Crippen molar-refractivity contribution in [3.63, 3.8) is 0 Å². The SMILES string of the molecule is CC1=CC(NC(=O)c2cc(OCC(C)C)cc(OC(C)C)c2)NN1. The van der Waals surface area contributed by atoms with Crippen molar-refractivity contribution in [1.82, 2.24) is 16.2 Å². The highest BCUT2D eigenvalue weighted by Crippen LogP contribution is 2.24. The maximum absolute atomic E-state index is 12.5. The number of amides is 1. The first-order valence-electron chi connectivity index (χ1n) is 8.29. The topological polar surface area (TPSA) is 71.6 Å². The maximum atomic E-state index is 12.5. The van der Waals surface area contributed by atoms with Crippen molar-refractivity contribution in [3.8, 4) is 11.5 Å².